The first kappa shape index (κ1) is 33.8. The minimum absolute atomic E-state index is 0.123. The number of nitrogens with one attached hydrogen (secondary N) is 3. The number of hydrogen-bond acceptors (Lipinski definition) is 11. The van der Waals surface area contributed by atoms with Crippen LogP contribution in [0.2, 0.25) is 0 Å². The van der Waals surface area contributed by atoms with Gasteiger partial charge in [-0.1, -0.05) is 23.4 Å². The lowest BCUT2D eigenvalue weighted by atomic mass is 9.92. The van der Waals surface area contributed by atoms with Crippen molar-refractivity contribution in [1.29, 1.82) is 0 Å². The summed E-state index contributed by atoms with van der Waals surface area (Å²) in [6.07, 6.45) is 13.6. The Morgan fingerprint density at radius 3 is 2.73 bits per heavy atom. The molecule has 1 saturated heterocycles. The van der Waals surface area contributed by atoms with Crippen molar-refractivity contribution in [3.05, 3.63) is 83.2 Å². The molecule has 0 radical (unpaired) electrons. The monoisotopic (exact) mass is 720 g/mol. The van der Waals surface area contributed by atoms with Gasteiger partial charge in [-0.2, -0.15) is 19.7 Å². The highest BCUT2D eigenvalue weighted by Gasteiger charge is 2.24. The summed E-state index contributed by atoms with van der Waals surface area (Å²) in [5.74, 6) is 1.64. The highest BCUT2D eigenvalue weighted by molar-refractivity contribution is 8.03. The maximum atomic E-state index is 15.5. The second-order valence-corrected chi connectivity index (χ2v) is 14.6. The summed E-state index contributed by atoms with van der Waals surface area (Å²) in [6, 6.07) is 9.51. The van der Waals surface area contributed by atoms with E-state index in [4.69, 9.17) is 9.72 Å². The number of hydrogen-bond donors (Lipinski definition) is 3. The first-order valence-corrected chi connectivity index (χ1v) is 18.4. The summed E-state index contributed by atoms with van der Waals surface area (Å²) in [5, 5.41) is 23.1. The number of allylic oxidation sites excluding steroid dienone is 2. The van der Waals surface area contributed by atoms with Gasteiger partial charge in [0.2, 0.25) is 11.6 Å². The van der Waals surface area contributed by atoms with E-state index in [0.29, 0.717) is 23.0 Å². The van der Waals surface area contributed by atoms with Crippen molar-refractivity contribution in [3.8, 4) is 17.0 Å². The van der Waals surface area contributed by atoms with Crippen molar-refractivity contribution in [2.75, 3.05) is 37.3 Å². The van der Waals surface area contributed by atoms with E-state index in [1.807, 2.05) is 38.7 Å². The number of aromatic amines is 1. The highest BCUT2D eigenvalue weighted by Crippen LogP contribution is 2.36. The molecule has 268 valence electrons. The average molecular weight is 721 g/mol. The number of benzene rings is 1. The molecule has 0 saturated carbocycles. The number of anilines is 3. The largest absolute Gasteiger partial charge is 0.485 e. The molecule has 1 aromatic carbocycles. The number of aryl methyl sites for hydroxylation is 1. The Kier molecular flexibility index (Phi) is 9.36. The molecular formula is C37H41FN12OS. The third-order valence-corrected chi connectivity index (χ3v) is 10.4. The number of pyridine rings is 1. The van der Waals surface area contributed by atoms with Gasteiger partial charge in [0.25, 0.3) is 0 Å². The predicted molar refractivity (Wildman–Crippen MR) is 202 cm³/mol. The number of thioether (sulfide) groups is 1. The van der Waals surface area contributed by atoms with Crippen molar-refractivity contribution < 1.29 is 9.13 Å². The molecular weight excluding hydrogens is 680 g/mol. The lowest BCUT2D eigenvalue weighted by Gasteiger charge is -2.32. The SMILES string of the molecule is CNc1nn(C)c2nc(C3CCN(CC4=CC(Sc5ccc(Nc6nc7c(OC(C)C)c(-c8cn[nH]c8)ncn7n6)c(F)c5)=CCC4)CC3)ccc12. The summed E-state index contributed by atoms with van der Waals surface area (Å²) in [4.78, 5) is 18.7. The fourth-order valence-corrected chi connectivity index (χ4v) is 7.89. The van der Waals surface area contributed by atoms with Gasteiger partial charge in [-0.05, 0) is 89.0 Å². The average Bonchev–Trinajstić information content (AvgIpc) is 3.89. The van der Waals surface area contributed by atoms with Gasteiger partial charge < -0.3 is 15.4 Å². The Bertz CT molecular complexity index is 2290. The first-order valence-electron chi connectivity index (χ1n) is 17.6. The Labute approximate surface area is 304 Å². The smallest absolute Gasteiger partial charge is 0.247 e. The first-order chi connectivity index (χ1) is 25.3. The molecule has 15 heteroatoms. The molecule has 0 amide bonds. The molecule has 0 atom stereocenters. The van der Waals surface area contributed by atoms with Crippen LogP contribution in [0.15, 0.2) is 76.6 Å². The van der Waals surface area contributed by atoms with Gasteiger partial charge in [-0.15, -0.1) is 5.10 Å². The molecule has 0 bridgehead atoms. The molecule has 1 fully saturated rings. The molecule has 52 heavy (non-hydrogen) atoms. The lowest BCUT2D eigenvalue weighted by molar-refractivity contribution is 0.225. The number of likely N-dealkylation sites (tertiary alicyclic amines) is 1. The number of rotatable bonds is 11. The van der Waals surface area contributed by atoms with E-state index in [9.17, 15) is 0 Å². The predicted octanol–water partition coefficient (Wildman–Crippen LogP) is 7.08. The van der Waals surface area contributed by atoms with Crippen molar-refractivity contribution in [3.63, 3.8) is 0 Å². The van der Waals surface area contributed by atoms with Gasteiger partial charge in [-0.25, -0.2) is 19.0 Å². The maximum Gasteiger partial charge on any atom is 0.247 e. The van der Waals surface area contributed by atoms with Crippen molar-refractivity contribution >= 4 is 45.9 Å². The topological polar surface area (TPSA) is 139 Å². The van der Waals surface area contributed by atoms with Crippen molar-refractivity contribution in [2.24, 2.45) is 7.05 Å². The van der Waals surface area contributed by atoms with Crippen LogP contribution in [-0.4, -0.2) is 82.2 Å². The highest BCUT2D eigenvalue weighted by atomic mass is 32.2. The van der Waals surface area contributed by atoms with Gasteiger partial charge in [0.05, 0.1) is 23.4 Å². The van der Waals surface area contributed by atoms with Gasteiger partial charge >= 0.3 is 0 Å². The van der Waals surface area contributed by atoms with Crippen molar-refractivity contribution in [1.82, 2.24) is 49.4 Å². The van der Waals surface area contributed by atoms with Crippen LogP contribution in [0.5, 0.6) is 5.75 Å². The van der Waals surface area contributed by atoms with Crippen LogP contribution in [-0.2, 0) is 7.05 Å². The maximum absolute atomic E-state index is 15.5. The Balaban J connectivity index is 0.893. The lowest BCUT2D eigenvalue weighted by Crippen LogP contribution is -2.34. The van der Waals surface area contributed by atoms with Crippen LogP contribution in [0.1, 0.15) is 51.1 Å². The summed E-state index contributed by atoms with van der Waals surface area (Å²) in [6.45, 7) is 6.89. The zero-order valence-corrected chi connectivity index (χ0v) is 30.4. The third-order valence-electron chi connectivity index (χ3n) is 9.43. The number of piperidine rings is 1. The minimum atomic E-state index is -0.386. The fraction of sp³-hybridized carbons (Fsp3) is 0.351. The van der Waals surface area contributed by atoms with Gasteiger partial charge in [0.15, 0.2) is 17.2 Å². The van der Waals surface area contributed by atoms with Crippen LogP contribution in [0.4, 0.5) is 21.8 Å². The molecule has 2 aliphatic rings. The van der Waals surface area contributed by atoms with E-state index in [0.717, 1.165) is 83.2 Å². The summed E-state index contributed by atoms with van der Waals surface area (Å²) >= 11 is 1.58. The number of H-pyrrole nitrogens is 1. The van der Waals surface area contributed by atoms with E-state index in [-0.39, 0.29) is 23.6 Å². The van der Waals surface area contributed by atoms with E-state index in [1.165, 1.54) is 10.1 Å². The number of ether oxygens (including phenoxy) is 1. The van der Waals surface area contributed by atoms with Crippen LogP contribution < -0.4 is 15.4 Å². The van der Waals surface area contributed by atoms with Crippen molar-refractivity contribution in [2.45, 2.75) is 56.4 Å². The number of halogens is 1. The number of aromatic nitrogens is 9. The second kappa shape index (κ2) is 14.4. The molecule has 5 aromatic heterocycles. The normalized spacial score (nSPS) is 15.7. The van der Waals surface area contributed by atoms with E-state index >= 15 is 4.39 Å². The van der Waals surface area contributed by atoms with Crippen LogP contribution in [0.25, 0.3) is 27.9 Å². The Morgan fingerprint density at radius 2 is 1.96 bits per heavy atom. The van der Waals surface area contributed by atoms with Gasteiger partial charge in [0, 0.05) is 53.8 Å². The van der Waals surface area contributed by atoms with Crippen LogP contribution in [0.3, 0.4) is 0 Å². The van der Waals surface area contributed by atoms with Gasteiger partial charge in [-0.3, -0.25) is 10.00 Å². The number of fused-ring (bicyclic) bond motifs is 2. The zero-order chi connectivity index (χ0) is 35.8. The summed E-state index contributed by atoms with van der Waals surface area (Å²) in [7, 11) is 3.84. The molecule has 0 unspecified atom stereocenters. The van der Waals surface area contributed by atoms with Gasteiger partial charge in [0.1, 0.15) is 17.8 Å². The van der Waals surface area contributed by atoms with Crippen LogP contribution >= 0.6 is 11.8 Å². The summed E-state index contributed by atoms with van der Waals surface area (Å²) < 4.78 is 24.9. The molecule has 0 spiro atoms. The molecule has 13 nitrogen and oxygen atoms in total. The molecule has 3 N–H and O–H groups in total. The quantitative estimate of drug-likeness (QED) is 0.127. The third kappa shape index (κ3) is 6.97. The molecule has 1 aliphatic carbocycles. The zero-order valence-electron chi connectivity index (χ0n) is 29.6. The standard InChI is InChI=1S/C37H41FN12OS/c1-22(2)51-33-32(25-18-41-42-19-25)40-21-50-36(33)45-37(47-50)44-31-10-8-27(17-29(31)38)52-26-7-5-6-23(16-26)20-49-14-12-24(13-15-49)30-11-9-28-34(39-3)46-48(4)35(28)43-30/h7-11,16-19,21-22,24H,5-6,12-15,20H2,1-4H3,(H,39,46)(H,41,42)(H,44,47). The minimum Gasteiger partial charge on any atom is -0.485 e. The molecule has 8 rings (SSSR count). The molecule has 6 heterocycles. The molecule has 6 aromatic rings. The Morgan fingerprint density at radius 1 is 1.10 bits per heavy atom. The van der Waals surface area contributed by atoms with E-state index in [2.05, 4.69) is 70.2 Å². The molecule has 1 aliphatic heterocycles. The van der Waals surface area contributed by atoms with Crippen LogP contribution in [0, 0.1) is 5.82 Å². The van der Waals surface area contributed by atoms with E-state index < -0.39 is 0 Å². The number of nitrogens with zero attached hydrogens (tertiary/aromatic N) is 9. The van der Waals surface area contributed by atoms with E-state index in [1.54, 1.807) is 42.6 Å². The second-order valence-electron chi connectivity index (χ2n) is 13.5. The fourth-order valence-electron chi connectivity index (χ4n) is 6.90. The summed E-state index contributed by atoms with van der Waals surface area (Å²) in [5.41, 5.74) is 5.60. The Hall–Kier alpha value is -5.28.